The summed E-state index contributed by atoms with van der Waals surface area (Å²) in [4.78, 5) is 17.9. The van der Waals surface area contributed by atoms with Gasteiger partial charge in [0.25, 0.3) is 0 Å². The van der Waals surface area contributed by atoms with Crippen LogP contribution >= 0.6 is 0 Å². The molecule has 1 aliphatic heterocycles. The molecule has 1 aromatic heterocycles. The molecule has 1 fully saturated rings. The fourth-order valence-electron chi connectivity index (χ4n) is 2.22. The predicted molar refractivity (Wildman–Crippen MR) is 70.6 cm³/mol. The maximum atomic E-state index is 11.5. The number of nitrogens with zero attached hydrogens (tertiary/aromatic N) is 2. The highest BCUT2D eigenvalue weighted by atomic mass is 16.5. The Morgan fingerprint density at radius 2 is 2.22 bits per heavy atom. The van der Waals surface area contributed by atoms with Crippen LogP contribution in [-0.4, -0.2) is 31.2 Å². The highest BCUT2D eigenvalue weighted by Gasteiger charge is 2.31. The standard InChI is InChI=1S/C13H19N3O2/c1-13(2)6-7-16(8-13)11-9(14)4-5-10(15-11)12(17)18-3/h4-5H,6-8,14H2,1-3H3. The van der Waals surface area contributed by atoms with Crippen LogP contribution in [0.4, 0.5) is 11.5 Å². The zero-order chi connectivity index (χ0) is 13.3. The van der Waals surface area contributed by atoms with Crippen LogP contribution in [0.2, 0.25) is 0 Å². The van der Waals surface area contributed by atoms with Gasteiger partial charge in [-0.15, -0.1) is 0 Å². The van der Waals surface area contributed by atoms with Crippen molar-refractivity contribution in [3.8, 4) is 0 Å². The molecule has 0 aliphatic carbocycles. The highest BCUT2D eigenvalue weighted by molar-refractivity contribution is 5.88. The molecule has 0 bridgehead atoms. The first-order valence-electron chi connectivity index (χ1n) is 6.03. The number of aromatic nitrogens is 1. The van der Waals surface area contributed by atoms with Crippen LogP contribution in [0.5, 0.6) is 0 Å². The van der Waals surface area contributed by atoms with Crippen molar-refractivity contribution in [3.63, 3.8) is 0 Å². The fourth-order valence-corrected chi connectivity index (χ4v) is 2.22. The van der Waals surface area contributed by atoms with E-state index in [1.165, 1.54) is 7.11 Å². The summed E-state index contributed by atoms with van der Waals surface area (Å²) >= 11 is 0. The van der Waals surface area contributed by atoms with Gasteiger partial charge in [-0.1, -0.05) is 13.8 Å². The summed E-state index contributed by atoms with van der Waals surface area (Å²) in [6, 6.07) is 3.30. The number of esters is 1. The van der Waals surface area contributed by atoms with Crippen LogP contribution in [0.3, 0.4) is 0 Å². The van der Waals surface area contributed by atoms with Crippen molar-refractivity contribution in [1.82, 2.24) is 4.98 Å². The predicted octanol–water partition coefficient (Wildman–Crippen LogP) is 1.69. The molecule has 2 heterocycles. The van der Waals surface area contributed by atoms with E-state index in [0.29, 0.717) is 17.2 Å². The summed E-state index contributed by atoms with van der Waals surface area (Å²) in [5.74, 6) is 0.248. The third-order valence-electron chi connectivity index (χ3n) is 3.28. The van der Waals surface area contributed by atoms with Crippen molar-refractivity contribution in [2.24, 2.45) is 5.41 Å². The molecule has 98 valence electrons. The Bertz CT molecular complexity index is 471. The van der Waals surface area contributed by atoms with Crippen molar-refractivity contribution in [2.45, 2.75) is 20.3 Å². The molecule has 0 aromatic carbocycles. The van der Waals surface area contributed by atoms with Gasteiger partial charge in [-0.05, 0) is 24.0 Å². The van der Waals surface area contributed by atoms with Gasteiger partial charge >= 0.3 is 5.97 Å². The largest absolute Gasteiger partial charge is 0.464 e. The first-order chi connectivity index (χ1) is 8.43. The summed E-state index contributed by atoms with van der Waals surface area (Å²) < 4.78 is 4.67. The van der Waals surface area contributed by atoms with Gasteiger partial charge in [0.15, 0.2) is 11.5 Å². The van der Waals surface area contributed by atoms with Gasteiger partial charge < -0.3 is 15.4 Å². The lowest BCUT2D eigenvalue weighted by Gasteiger charge is -2.22. The molecule has 0 saturated carbocycles. The average molecular weight is 249 g/mol. The number of carbonyl (C=O) groups is 1. The average Bonchev–Trinajstić information content (AvgIpc) is 2.69. The van der Waals surface area contributed by atoms with E-state index in [1.807, 2.05) is 0 Å². The monoisotopic (exact) mass is 249 g/mol. The molecule has 0 atom stereocenters. The first kappa shape index (κ1) is 12.7. The quantitative estimate of drug-likeness (QED) is 0.808. The van der Waals surface area contributed by atoms with Gasteiger partial charge in [0, 0.05) is 13.1 Å². The second kappa shape index (κ2) is 4.48. The minimum Gasteiger partial charge on any atom is -0.464 e. The Morgan fingerprint density at radius 1 is 1.50 bits per heavy atom. The van der Waals surface area contributed by atoms with Crippen LogP contribution in [0.25, 0.3) is 0 Å². The molecule has 0 unspecified atom stereocenters. The van der Waals surface area contributed by atoms with Crippen LogP contribution in [0, 0.1) is 5.41 Å². The second-order valence-electron chi connectivity index (χ2n) is 5.44. The summed E-state index contributed by atoms with van der Waals surface area (Å²) in [5, 5.41) is 0. The van der Waals surface area contributed by atoms with Crippen molar-refractivity contribution in [2.75, 3.05) is 30.8 Å². The van der Waals surface area contributed by atoms with Crippen molar-refractivity contribution < 1.29 is 9.53 Å². The molecule has 0 radical (unpaired) electrons. The molecule has 5 nitrogen and oxygen atoms in total. The van der Waals surface area contributed by atoms with Gasteiger partial charge in [-0.3, -0.25) is 0 Å². The van der Waals surface area contributed by atoms with E-state index in [1.54, 1.807) is 12.1 Å². The second-order valence-corrected chi connectivity index (χ2v) is 5.44. The van der Waals surface area contributed by atoms with E-state index in [-0.39, 0.29) is 5.41 Å². The smallest absolute Gasteiger partial charge is 0.356 e. The van der Waals surface area contributed by atoms with E-state index >= 15 is 0 Å². The Morgan fingerprint density at radius 3 is 2.78 bits per heavy atom. The number of pyridine rings is 1. The summed E-state index contributed by atoms with van der Waals surface area (Å²) in [5.41, 5.74) is 7.10. The number of ether oxygens (including phenoxy) is 1. The zero-order valence-electron chi connectivity index (χ0n) is 11.1. The number of hydrogen-bond donors (Lipinski definition) is 1. The van der Waals surface area contributed by atoms with Crippen molar-refractivity contribution in [3.05, 3.63) is 17.8 Å². The van der Waals surface area contributed by atoms with Gasteiger partial charge in [-0.25, -0.2) is 9.78 Å². The van der Waals surface area contributed by atoms with Crippen LogP contribution < -0.4 is 10.6 Å². The zero-order valence-corrected chi connectivity index (χ0v) is 11.1. The summed E-state index contributed by atoms with van der Waals surface area (Å²) in [6.45, 7) is 6.24. The van der Waals surface area contributed by atoms with E-state index in [0.717, 1.165) is 19.5 Å². The van der Waals surface area contributed by atoms with E-state index in [9.17, 15) is 4.79 Å². The number of nitrogen functional groups attached to an aromatic ring is 1. The third-order valence-corrected chi connectivity index (χ3v) is 3.28. The molecule has 0 amide bonds. The van der Waals surface area contributed by atoms with Crippen molar-refractivity contribution >= 4 is 17.5 Å². The van der Waals surface area contributed by atoms with Crippen molar-refractivity contribution in [1.29, 1.82) is 0 Å². The Hall–Kier alpha value is -1.78. The van der Waals surface area contributed by atoms with Gasteiger partial charge in [0.2, 0.25) is 0 Å². The summed E-state index contributed by atoms with van der Waals surface area (Å²) in [7, 11) is 1.35. The lowest BCUT2D eigenvalue weighted by atomic mass is 9.93. The topological polar surface area (TPSA) is 68.5 Å². The molecular formula is C13H19N3O2. The number of carbonyl (C=O) groups excluding carboxylic acids is 1. The Labute approximate surface area is 107 Å². The van der Waals surface area contributed by atoms with Gasteiger partial charge in [-0.2, -0.15) is 0 Å². The van der Waals surface area contributed by atoms with Crippen LogP contribution in [-0.2, 0) is 4.74 Å². The SMILES string of the molecule is COC(=O)c1ccc(N)c(N2CCC(C)(C)C2)n1. The fraction of sp³-hybridized carbons (Fsp3) is 0.538. The van der Waals surface area contributed by atoms with Gasteiger partial charge in [0.1, 0.15) is 0 Å². The number of hydrogen-bond acceptors (Lipinski definition) is 5. The third kappa shape index (κ3) is 2.39. The van der Waals surface area contributed by atoms with Gasteiger partial charge in [0.05, 0.1) is 12.8 Å². The maximum absolute atomic E-state index is 11.5. The molecule has 0 spiro atoms. The number of methoxy groups -OCH3 is 1. The molecule has 5 heteroatoms. The molecule has 1 aromatic rings. The number of anilines is 2. The summed E-state index contributed by atoms with van der Waals surface area (Å²) in [6.07, 6.45) is 1.09. The molecule has 18 heavy (non-hydrogen) atoms. The minimum absolute atomic E-state index is 0.259. The Kier molecular flexibility index (Phi) is 3.15. The lowest BCUT2D eigenvalue weighted by molar-refractivity contribution is 0.0594. The number of nitrogens with two attached hydrogens (primary N) is 1. The lowest BCUT2D eigenvalue weighted by Crippen LogP contribution is -2.25. The van der Waals surface area contributed by atoms with E-state index in [2.05, 4.69) is 28.5 Å². The Balaban J connectivity index is 2.30. The van der Waals surface area contributed by atoms with Crippen LogP contribution in [0.15, 0.2) is 12.1 Å². The van der Waals surface area contributed by atoms with Crippen LogP contribution in [0.1, 0.15) is 30.8 Å². The molecular weight excluding hydrogens is 230 g/mol. The molecule has 2 rings (SSSR count). The molecule has 1 saturated heterocycles. The highest BCUT2D eigenvalue weighted by Crippen LogP contribution is 2.34. The molecule has 2 N–H and O–H groups in total. The normalized spacial score (nSPS) is 17.8. The molecule has 1 aliphatic rings. The maximum Gasteiger partial charge on any atom is 0.356 e. The minimum atomic E-state index is -0.435. The van der Waals surface area contributed by atoms with E-state index in [4.69, 9.17) is 5.73 Å². The first-order valence-corrected chi connectivity index (χ1v) is 6.03. The van der Waals surface area contributed by atoms with E-state index < -0.39 is 5.97 Å². The number of rotatable bonds is 2.